The number of nitrogens with zero attached hydrogens (tertiary/aromatic N) is 2. The highest BCUT2D eigenvalue weighted by Gasteiger charge is 2.38. The highest BCUT2D eigenvalue weighted by molar-refractivity contribution is 7.92. The first-order valence-corrected chi connectivity index (χ1v) is 19.6. The molecule has 0 radical (unpaired) electrons. The molecular formula is C37H40N2O8S2. The molecule has 0 spiro atoms. The maximum atomic E-state index is 13.6. The van der Waals surface area contributed by atoms with E-state index in [9.17, 15) is 21.6 Å². The van der Waals surface area contributed by atoms with Gasteiger partial charge in [0.2, 0.25) is 0 Å². The lowest BCUT2D eigenvalue weighted by Crippen LogP contribution is -2.35. The van der Waals surface area contributed by atoms with Crippen molar-refractivity contribution in [1.82, 2.24) is 9.97 Å². The molecule has 2 aliphatic carbocycles. The van der Waals surface area contributed by atoms with Crippen molar-refractivity contribution in [3.8, 4) is 34.0 Å². The quantitative estimate of drug-likeness (QED) is 0.168. The van der Waals surface area contributed by atoms with Gasteiger partial charge < -0.3 is 14.2 Å². The summed E-state index contributed by atoms with van der Waals surface area (Å²) in [6, 6.07) is 20.6. The van der Waals surface area contributed by atoms with E-state index in [0.717, 1.165) is 0 Å². The molecule has 0 bridgehead atoms. The smallest absolute Gasteiger partial charge is 0.309 e. The first kappa shape index (κ1) is 34.6. The summed E-state index contributed by atoms with van der Waals surface area (Å²) < 4.78 is 71.2. The number of carbonyl (C=O) groups excluding carboxylic acids is 1. The molecule has 10 nitrogen and oxygen atoms in total. The number of sulfone groups is 2. The van der Waals surface area contributed by atoms with Crippen molar-refractivity contribution in [3.63, 3.8) is 0 Å². The lowest BCUT2D eigenvalue weighted by Gasteiger charge is -2.31. The van der Waals surface area contributed by atoms with E-state index < -0.39 is 30.2 Å². The summed E-state index contributed by atoms with van der Waals surface area (Å²) in [5.74, 6) is 0.396. The fraction of sp³-hybridized carbons (Fsp3) is 0.378. The largest absolute Gasteiger partial charge is 0.494 e. The molecule has 2 heterocycles. The Balaban J connectivity index is 1.03. The van der Waals surface area contributed by atoms with Crippen molar-refractivity contribution in [2.45, 2.75) is 77.8 Å². The molecule has 0 amide bonds. The van der Waals surface area contributed by atoms with Gasteiger partial charge in [0.15, 0.2) is 19.7 Å². The van der Waals surface area contributed by atoms with Crippen LogP contribution in [0.4, 0.5) is 0 Å². The van der Waals surface area contributed by atoms with Crippen molar-refractivity contribution in [2.75, 3.05) is 14.2 Å². The van der Waals surface area contributed by atoms with Crippen LogP contribution in [0.2, 0.25) is 0 Å². The van der Waals surface area contributed by atoms with Gasteiger partial charge in [-0.05, 0) is 99.9 Å². The van der Waals surface area contributed by atoms with Crippen LogP contribution < -0.4 is 9.47 Å². The molecule has 0 saturated heterocycles. The standard InChI is InChI=1S/C37H40N2O8S2/c1-45-33-11-5-21-38-35(33)26-7-3-9-31(23-26)48(41,42)29-17-13-25(14-18-29)37(40)47-28-15-19-30(20-16-28)49(43,44)32-10-4-8-27(24-32)36-34(46-2)12-6-22-39-36/h3-12,21-25,28-30H,13-20H2,1-2H3. The first-order chi connectivity index (χ1) is 23.6. The van der Waals surface area contributed by atoms with Gasteiger partial charge in [0, 0.05) is 23.5 Å². The van der Waals surface area contributed by atoms with Crippen LogP contribution in [0.25, 0.3) is 22.5 Å². The number of carbonyl (C=O) groups is 1. The summed E-state index contributed by atoms with van der Waals surface area (Å²) in [5.41, 5.74) is 2.44. The minimum absolute atomic E-state index is 0.221. The number of benzene rings is 2. The van der Waals surface area contributed by atoms with E-state index in [-0.39, 0.29) is 27.8 Å². The van der Waals surface area contributed by atoms with Crippen LogP contribution in [0.1, 0.15) is 51.4 Å². The van der Waals surface area contributed by atoms with E-state index >= 15 is 0 Å². The number of methoxy groups -OCH3 is 2. The number of esters is 1. The van der Waals surface area contributed by atoms with Crippen LogP contribution in [0, 0.1) is 5.92 Å². The molecule has 0 N–H and O–H groups in total. The van der Waals surface area contributed by atoms with Gasteiger partial charge in [0.05, 0.1) is 40.4 Å². The molecule has 2 aromatic heterocycles. The Morgan fingerprint density at radius 2 is 1.06 bits per heavy atom. The maximum Gasteiger partial charge on any atom is 0.309 e. The molecule has 0 unspecified atom stereocenters. The Morgan fingerprint density at radius 3 is 1.51 bits per heavy atom. The van der Waals surface area contributed by atoms with Gasteiger partial charge in [0.25, 0.3) is 0 Å². The Kier molecular flexibility index (Phi) is 10.4. The van der Waals surface area contributed by atoms with Crippen molar-refractivity contribution >= 4 is 25.6 Å². The molecule has 0 aliphatic heterocycles. The molecule has 6 rings (SSSR count). The van der Waals surface area contributed by atoms with E-state index in [4.69, 9.17) is 14.2 Å². The fourth-order valence-corrected chi connectivity index (χ4v) is 10.6. The Labute approximate surface area is 287 Å². The second-order valence-corrected chi connectivity index (χ2v) is 17.0. The number of aromatic nitrogens is 2. The summed E-state index contributed by atoms with van der Waals surface area (Å²) in [6.07, 6.45) is 6.10. The average Bonchev–Trinajstić information content (AvgIpc) is 3.15. The molecule has 4 aromatic rings. The molecule has 2 aliphatic rings. The Bertz CT molecular complexity index is 2020. The number of pyridine rings is 2. The zero-order valence-corrected chi connectivity index (χ0v) is 29.2. The van der Waals surface area contributed by atoms with E-state index in [2.05, 4.69) is 9.97 Å². The molecule has 49 heavy (non-hydrogen) atoms. The normalized spacial score (nSPS) is 21.4. The molecule has 0 atom stereocenters. The summed E-state index contributed by atoms with van der Waals surface area (Å²) >= 11 is 0. The van der Waals surface area contributed by atoms with Gasteiger partial charge in [-0.3, -0.25) is 14.8 Å². The van der Waals surface area contributed by atoms with Crippen LogP contribution in [0.15, 0.2) is 95.0 Å². The lowest BCUT2D eigenvalue weighted by molar-refractivity contribution is -0.156. The molecule has 2 saturated carbocycles. The number of ether oxygens (including phenoxy) is 3. The van der Waals surface area contributed by atoms with Gasteiger partial charge in [-0.2, -0.15) is 0 Å². The van der Waals surface area contributed by atoms with Crippen molar-refractivity contribution < 1.29 is 35.8 Å². The van der Waals surface area contributed by atoms with Gasteiger partial charge in [-0.1, -0.05) is 24.3 Å². The third kappa shape index (κ3) is 7.35. The Hall–Kier alpha value is -4.29. The third-order valence-electron chi connectivity index (χ3n) is 9.64. The SMILES string of the molecule is COc1cccnc1-c1cccc(S(=O)(=O)C2CCC(OC(=O)C3CCC(S(=O)(=O)c4cccc(-c5ncccc5OC)c4)CC3)CC2)c1. The number of hydrogen-bond donors (Lipinski definition) is 0. The average molecular weight is 705 g/mol. The second-order valence-electron chi connectivity index (χ2n) is 12.6. The highest BCUT2D eigenvalue weighted by Crippen LogP contribution is 2.37. The predicted octanol–water partition coefficient (Wildman–Crippen LogP) is 6.49. The summed E-state index contributed by atoms with van der Waals surface area (Å²) in [6.45, 7) is 0. The molecule has 2 fully saturated rings. The fourth-order valence-electron chi connectivity index (χ4n) is 6.90. The number of rotatable bonds is 10. The van der Waals surface area contributed by atoms with E-state index in [0.29, 0.717) is 85.4 Å². The highest BCUT2D eigenvalue weighted by atomic mass is 32.2. The van der Waals surface area contributed by atoms with Crippen LogP contribution in [0.3, 0.4) is 0 Å². The monoisotopic (exact) mass is 704 g/mol. The zero-order chi connectivity index (χ0) is 34.6. The molecule has 12 heteroatoms. The lowest BCUT2D eigenvalue weighted by atomic mass is 9.88. The van der Waals surface area contributed by atoms with Gasteiger partial charge in [0.1, 0.15) is 29.0 Å². The van der Waals surface area contributed by atoms with Gasteiger partial charge in [-0.25, -0.2) is 16.8 Å². The molecular weight excluding hydrogens is 665 g/mol. The zero-order valence-electron chi connectivity index (χ0n) is 27.5. The van der Waals surface area contributed by atoms with Crippen molar-refractivity contribution in [3.05, 3.63) is 85.2 Å². The molecule has 258 valence electrons. The Morgan fingerprint density at radius 1 is 0.612 bits per heavy atom. The van der Waals surface area contributed by atoms with Crippen molar-refractivity contribution in [1.29, 1.82) is 0 Å². The van der Waals surface area contributed by atoms with E-state index in [1.165, 1.54) is 0 Å². The second kappa shape index (κ2) is 14.7. The summed E-state index contributed by atoms with van der Waals surface area (Å²) in [5, 5.41) is -1.18. The minimum Gasteiger partial charge on any atom is -0.494 e. The van der Waals surface area contributed by atoms with Gasteiger partial charge >= 0.3 is 5.97 Å². The number of hydrogen-bond acceptors (Lipinski definition) is 10. The van der Waals surface area contributed by atoms with Gasteiger partial charge in [-0.15, -0.1) is 0 Å². The molecule has 2 aromatic carbocycles. The topological polar surface area (TPSA) is 139 Å². The van der Waals surface area contributed by atoms with Crippen LogP contribution in [-0.2, 0) is 29.2 Å². The van der Waals surface area contributed by atoms with Crippen LogP contribution in [0.5, 0.6) is 11.5 Å². The van der Waals surface area contributed by atoms with Crippen LogP contribution in [-0.4, -0.2) is 63.6 Å². The summed E-state index contributed by atoms with van der Waals surface area (Å²) in [7, 11) is -4.17. The maximum absolute atomic E-state index is 13.6. The van der Waals surface area contributed by atoms with Crippen molar-refractivity contribution in [2.24, 2.45) is 5.92 Å². The van der Waals surface area contributed by atoms with E-state index in [1.54, 1.807) is 93.3 Å². The van der Waals surface area contributed by atoms with Crippen LogP contribution >= 0.6 is 0 Å². The minimum atomic E-state index is -3.64. The van der Waals surface area contributed by atoms with E-state index in [1.807, 2.05) is 6.07 Å². The summed E-state index contributed by atoms with van der Waals surface area (Å²) in [4.78, 5) is 22.4. The predicted molar refractivity (Wildman–Crippen MR) is 185 cm³/mol. The first-order valence-electron chi connectivity index (χ1n) is 16.5. The third-order valence-corrected chi connectivity index (χ3v) is 14.2.